The predicted octanol–water partition coefficient (Wildman–Crippen LogP) is 5.84. The Labute approximate surface area is 166 Å². The number of nitrogens with one attached hydrogen (secondary N) is 1. The molecule has 138 valence electrons. The Kier molecular flexibility index (Phi) is 5.00. The van der Waals surface area contributed by atoms with Gasteiger partial charge in [0.05, 0.1) is 22.4 Å². The van der Waals surface area contributed by atoms with Crippen LogP contribution in [0.25, 0.3) is 22.2 Å². The van der Waals surface area contributed by atoms with Gasteiger partial charge in [0.2, 0.25) is 5.95 Å². The number of aryl methyl sites for hydroxylation is 1. The molecule has 6 heteroatoms. The second-order valence-electron chi connectivity index (χ2n) is 6.29. The molecule has 0 aliphatic carbocycles. The number of halogens is 2. The van der Waals surface area contributed by atoms with Crippen LogP contribution in [0.15, 0.2) is 71.8 Å². The van der Waals surface area contributed by atoms with Gasteiger partial charge >= 0.3 is 0 Å². The van der Waals surface area contributed by atoms with Crippen LogP contribution in [0, 0.1) is 12.7 Å². The molecule has 4 rings (SSSR count). The van der Waals surface area contributed by atoms with Crippen LogP contribution in [-0.2, 0) is 0 Å². The minimum absolute atomic E-state index is 0.205. The number of fused-ring (bicyclic) bond motifs is 1. The molecule has 0 fully saturated rings. The van der Waals surface area contributed by atoms with Crippen molar-refractivity contribution in [2.24, 2.45) is 5.10 Å². The highest BCUT2D eigenvalue weighted by atomic mass is 35.5. The Hall–Kier alpha value is -3.31. The highest BCUT2D eigenvalue weighted by Gasteiger charge is 2.10. The topological polar surface area (TPSA) is 50.2 Å². The normalized spacial score (nSPS) is 11.2. The minimum atomic E-state index is -0.446. The van der Waals surface area contributed by atoms with Crippen LogP contribution in [0.5, 0.6) is 0 Å². The fourth-order valence-corrected chi connectivity index (χ4v) is 3.11. The van der Waals surface area contributed by atoms with Gasteiger partial charge in [-0.2, -0.15) is 5.10 Å². The third kappa shape index (κ3) is 3.70. The Balaban J connectivity index is 1.74. The summed E-state index contributed by atoms with van der Waals surface area (Å²) in [5, 5.41) is 5.31. The van der Waals surface area contributed by atoms with E-state index in [1.54, 1.807) is 12.1 Å². The molecular formula is C22H16ClFN4. The van der Waals surface area contributed by atoms with Crippen molar-refractivity contribution in [1.82, 2.24) is 9.97 Å². The van der Waals surface area contributed by atoms with E-state index >= 15 is 0 Å². The molecule has 0 spiro atoms. The average molecular weight is 391 g/mol. The predicted molar refractivity (Wildman–Crippen MR) is 112 cm³/mol. The second kappa shape index (κ2) is 7.74. The maximum atomic E-state index is 13.9. The fraction of sp³-hybridized carbons (Fsp3) is 0.0455. The number of hydrogen-bond donors (Lipinski definition) is 1. The number of anilines is 1. The fourth-order valence-electron chi connectivity index (χ4n) is 2.90. The van der Waals surface area contributed by atoms with E-state index in [9.17, 15) is 4.39 Å². The molecule has 0 atom stereocenters. The summed E-state index contributed by atoms with van der Waals surface area (Å²) in [6, 6.07) is 20.4. The first kappa shape index (κ1) is 18.1. The van der Waals surface area contributed by atoms with Gasteiger partial charge in [-0.25, -0.2) is 19.8 Å². The van der Waals surface area contributed by atoms with E-state index in [4.69, 9.17) is 11.6 Å². The van der Waals surface area contributed by atoms with E-state index < -0.39 is 5.82 Å². The van der Waals surface area contributed by atoms with E-state index in [1.807, 2.05) is 49.4 Å². The van der Waals surface area contributed by atoms with Gasteiger partial charge in [0.25, 0.3) is 0 Å². The minimum Gasteiger partial charge on any atom is -0.245 e. The summed E-state index contributed by atoms with van der Waals surface area (Å²) in [5.74, 6) is -0.128. The van der Waals surface area contributed by atoms with Crippen LogP contribution in [0.1, 0.15) is 11.1 Å². The third-order valence-corrected chi connectivity index (χ3v) is 4.59. The van der Waals surface area contributed by atoms with Gasteiger partial charge in [0, 0.05) is 16.5 Å². The number of rotatable bonds is 4. The van der Waals surface area contributed by atoms with E-state index in [0.717, 1.165) is 27.7 Å². The number of nitrogens with zero attached hydrogens (tertiary/aromatic N) is 3. The first-order valence-electron chi connectivity index (χ1n) is 8.69. The Morgan fingerprint density at radius 3 is 2.61 bits per heavy atom. The van der Waals surface area contributed by atoms with E-state index in [0.29, 0.717) is 5.95 Å². The summed E-state index contributed by atoms with van der Waals surface area (Å²) in [6.07, 6.45) is 1.32. The van der Waals surface area contributed by atoms with E-state index in [1.165, 1.54) is 12.3 Å². The Morgan fingerprint density at radius 1 is 1.00 bits per heavy atom. The molecule has 0 bridgehead atoms. The highest BCUT2D eigenvalue weighted by molar-refractivity contribution is 6.33. The molecule has 0 saturated carbocycles. The van der Waals surface area contributed by atoms with Crippen molar-refractivity contribution in [2.75, 3.05) is 5.43 Å². The van der Waals surface area contributed by atoms with Crippen molar-refractivity contribution in [3.8, 4) is 11.3 Å². The van der Waals surface area contributed by atoms with Crippen molar-refractivity contribution in [1.29, 1.82) is 0 Å². The van der Waals surface area contributed by atoms with Gasteiger partial charge in [-0.3, -0.25) is 0 Å². The van der Waals surface area contributed by atoms with Gasteiger partial charge < -0.3 is 0 Å². The zero-order valence-corrected chi connectivity index (χ0v) is 15.8. The van der Waals surface area contributed by atoms with Gasteiger partial charge in [0.1, 0.15) is 5.82 Å². The largest absolute Gasteiger partial charge is 0.245 e. The molecule has 0 saturated heterocycles. The third-order valence-electron chi connectivity index (χ3n) is 4.26. The zero-order valence-electron chi connectivity index (χ0n) is 15.0. The molecule has 0 radical (unpaired) electrons. The van der Waals surface area contributed by atoms with Crippen LogP contribution in [0.3, 0.4) is 0 Å². The summed E-state index contributed by atoms with van der Waals surface area (Å²) >= 11 is 6.02. The molecule has 0 aliphatic rings. The molecule has 4 nitrogen and oxygen atoms in total. The van der Waals surface area contributed by atoms with Crippen molar-refractivity contribution in [3.63, 3.8) is 0 Å². The summed E-state index contributed by atoms with van der Waals surface area (Å²) < 4.78 is 13.9. The summed E-state index contributed by atoms with van der Waals surface area (Å²) in [7, 11) is 0. The van der Waals surface area contributed by atoms with Crippen LogP contribution < -0.4 is 5.43 Å². The smallest absolute Gasteiger partial charge is 0.244 e. The van der Waals surface area contributed by atoms with E-state index in [-0.39, 0.29) is 10.6 Å². The summed E-state index contributed by atoms with van der Waals surface area (Å²) in [4.78, 5) is 9.14. The lowest BCUT2D eigenvalue weighted by Gasteiger charge is -2.09. The molecule has 0 amide bonds. The molecule has 0 unspecified atom stereocenters. The molecule has 0 aliphatic heterocycles. The number of hydrazone groups is 1. The monoisotopic (exact) mass is 390 g/mol. The first-order valence-corrected chi connectivity index (χ1v) is 9.06. The highest BCUT2D eigenvalue weighted by Crippen LogP contribution is 2.28. The molecule has 4 aromatic rings. The number of hydrogen-bond acceptors (Lipinski definition) is 4. The molecule has 1 heterocycles. The second-order valence-corrected chi connectivity index (χ2v) is 6.69. The average Bonchev–Trinajstić information content (AvgIpc) is 2.70. The lowest BCUT2D eigenvalue weighted by atomic mass is 10.0. The maximum absolute atomic E-state index is 13.9. The first-order chi connectivity index (χ1) is 13.6. The van der Waals surface area contributed by atoms with Crippen molar-refractivity contribution in [2.45, 2.75) is 6.92 Å². The van der Waals surface area contributed by atoms with Crippen molar-refractivity contribution >= 4 is 34.7 Å². The van der Waals surface area contributed by atoms with Gasteiger partial charge in [-0.1, -0.05) is 59.6 Å². The van der Waals surface area contributed by atoms with Crippen LogP contribution >= 0.6 is 11.6 Å². The van der Waals surface area contributed by atoms with Gasteiger partial charge in [-0.15, -0.1) is 0 Å². The Bertz CT molecular complexity index is 1160. The molecule has 3 aromatic carbocycles. The lowest BCUT2D eigenvalue weighted by molar-refractivity contribution is 0.626. The van der Waals surface area contributed by atoms with Crippen molar-refractivity contribution < 1.29 is 4.39 Å². The van der Waals surface area contributed by atoms with Crippen LogP contribution in [-0.4, -0.2) is 16.2 Å². The quantitative estimate of drug-likeness (QED) is 0.351. The van der Waals surface area contributed by atoms with Gasteiger partial charge in [-0.05, 0) is 31.2 Å². The summed E-state index contributed by atoms with van der Waals surface area (Å²) in [5.41, 5.74) is 6.69. The van der Waals surface area contributed by atoms with E-state index in [2.05, 4.69) is 26.6 Å². The molecule has 1 N–H and O–H groups in total. The number of aromatic nitrogens is 2. The van der Waals surface area contributed by atoms with Gasteiger partial charge in [0.15, 0.2) is 0 Å². The zero-order chi connectivity index (χ0) is 19.5. The van der Waals surface area contributed by atoms with Crippen LogP contribution in [0.2, 0.25) is 5.02 Å². The summed E-state index contributed by atoms with van der Waals surface area (Å²) in [6.45, 7) is 2.03. The lowest BCUT2D eigenvalue weighted by Crippen LogP contribution is -2.00. The SMILES string of the molecule is Cc1ccc2nc(N/N=C\c3c(F)cccc3Cl)nc(-c3ccccc3)c2c1. The van der Waals surface area contributed by atoms with Crippen LogP contribution in [0.4, 0.5) is 10.3 Å². The maximum Gasteiger partial charge on any atom is 0.244 e. The molecular weight excluding hydrogens is 375 g/mol. The number of benzene rings is 3. The Morgan fingerprint density at radius 2 is 1.82 bits per heavy atom. The van der Waals surface area contributed by atoms with Crippen molar-refractivity contribution in [3.05, 3.63) is 88.7 Å². The standard InChI is InChI=1S/C22H16ClFN4/c1-14-10-11-20-16(12-14)21(15-6-3-2-4-7-15)27-22(26-20)28-25-13-17-18(23)8-5-9-19(17)24/h2-13H,1H3,(H,26,27,28)/b25-13-. The molecule has 1 aromatic heterocycles. The molecule has 28 heavy (non-hydrogen) atoms.